The summed E-state index contributed by atoms with van der Waals surface area (Å²) < 4.78 is 5.37. The van der Waals surface area contributed by atoms with Crippen molar-refractivity contribution in [3.63, 3.8) is 0 Å². The summed E-state index contributed by atoms with van der Waals surface area (Å²) in [4.78, 5) is 0. The molecule has 21 heavy (non-hydrogen) atoms. The molecule has 1 unspecified atom stereocenters. The third-order valence-electron chi connectivity index (χ3n) is 3.81. The lowest BCUT2D eigenvalue weighted by Crippen LogP contribution is -2.30. The van der Waals surface area contributed by atoms with Gasteiger partial charge in [0.15, 0.2) is 0 Å². The van der Waals surface area contributed by atoms with Crippen LogP contribution in [0.5, 0.6) is 5.75 Å². The molecule has 3 nitrogen and oxygen atoms in total. The molecule has 0 fully saturated rings. The highest BCUT2D eigenvalue weighted by Gasteiger charge is 2.18. The van der Waals surface area contributed by atoms with Crippen molar-refractivity contribution >= 4 is 11.6 Å². The Morgan fingerprint density at radius 3 is 2.29 bits per heavy atom. The van der Waals surface area contributed by atoms with Crippen LogP contribution in [0.2, 0.25) is 5.02 Å². The first kappa shape index (κ1) is 15.8. The van der Waals surface area contributed by atoms with E-state index < -0.39 is 0 Å². The molecule has 0 bridgehead atoms. The first-order chi connectivity index (χ1) is 9.97. The Hall–Kier alpha value is -1.55. The summed E-state index contributed by atoms with van der Waals surface area (Å²) in [7, 11) is 1.68. The minimum absolute atomic E-state index is 0.103. The van der Waals surface area contributed by atoms with Gasteiger partial charge in [-0.15, -0.1) is 0 Å². The number of aryl methyl sites for hydroxylation is 3. The van der Waals surface area contributed by atoms with Crippen molar-refractivity contribution in [1.29, 1.82) is 0 Å². The van der Waals surface area contributed by atoms with Gasteiger partial charge in [-0.3, -0.25) is 5.84 Å². The SMILES string of the molecule is COc1cc(C)c(C(NN)c2cc(Cl)ccc2C)cc1C. The highest BCUT2D eigenvalue weighted by molar-refractivity contribution is 6.30. The van der Waals surface area contributed by atoms with Gasteiger partial charge in [0, 0.05) is 5.02 Å². The van der Waals surface area contributed by atoms with Crippen molar-refractivity contribution in [2.45, 2.75) is 26.8 Å². The van der Waals surface area contributed by atoms with Gasteiger partial charge in [0.1, 0.15) is 5.75 Å². The van der Waals surface area contributed by atoms with Gasteiger partial charge in [-0.1, -0.05) is 23.7 Å². The average Bonchev–Trinajstić information content (AvgIpc) is 2.46. The molecule has 0 aliphatic rings. The van der Waals surface area contributed by atoms with Gasteiger partial charge >= 0.3 is 0 Å². The average molecular weight is 305 g/mol. The summed E-state index contributed by atoms with van der Waals surface area (Å²) in [5.41, 5.74) is 8.47. The van der Waals surface area contributed by atoms with Gasteiger partial charge in [0.05, 0.1) is 13.2 Å². The third-order valence-corrected chi connectivity index (χ3v) is 4.05. The van der Waals surface area contributed by atoms with Crippen LogP contribution in [-0.4, -0.2) is 7.11 Å². The summed E-state index contributed by atoms with van der Waals surface area (Å²) >= 11 is 6.14. The maximum absolute atomic E-state index is 6.14. The molecule has 2 rings (SSSR count). The van der Waals surface area contributed by atoms with E-state index in [9.17, 15) is 0 Å². The minimum atomic E-state index is -0.103. The van der Waals surface area contributed by atoms with Crippen LogP contribution in [-0.2, 0) is 0 Å². The number of halogens is 1. The van der Waals surface area contributed by atoms with E-state index in [1.807, 2.05) is 31.2 Å². The molecule has 0 aliphatic heterocycles. The summed E-state index contributed by atoms with van der Waals surface area (Å²) in [6, 6.07) is 9.90. The zero-order chi connectivity index (χ0) is 15.6. The number of hydrogen-bond donors (Lipinski definition) is 2. The lowest BCUT2D eigenvalue weighted by atomic mass is 9.91. The van der Waals surface area contributed by atoms with Gasteiger partial charge in [-0.05, 0) is 66.8 Å². The Balaban J connectivity index is 2.56. The number of nitrogens with one attached hydrogen (secondary N) is 1. The van der Waals surface area contributed by atoms with E-state index in [1.54, 1.807) is 7.11 Å². The van der Waals surface area contributed by atoms with E-state index in [2.05, 4.69) is 25.3 Å². The third kappa shape index (κ3) is 3.21. The van der Waals surface area contributed by atoms with E-state index in [0.29, 0.717) is 5.02 Å². The molecule has 0 saturated heterocycles. The summed E-state index contributed by atoms with van der Waals surface area (Å²) in [5.74, 6) is 6.71. The fourth-order valence-corrected chi connectivity index (χ4v) is 2.79. The van der Waals surface area contributed by atoms with Crippen LogP contribution in [0.3, 0.4) is 0 Å². The van der Waals surface area contributed by atoms with Gasteiger partial charge in [-0.2, -0.15) is 0 Å². The molecule has 0 amide bonds. The Morgan fingerprint density at radius 1 is 1.00 bits per heavy atom. The van der Waals surface area contributed by atoms with Crippen molar-refractivity contribution in [1.82, 2.24) is 5.43 Å². The molecular weight excluding hydrogens is 284 g/mol. The van der Waals surface area contributed by atoms with Crippen molar-refractivity contribution < 1.29 is 4.74 Å². The predicted octanol–water partition coefficient (Wildman–Crippen LogP) is 3.83. The van der Waals surface area contributed by atoms with Crippen LogP contribution in [0.4, 0.5) is 0 Å². The summed E-state index contributed by atoms with van der Waals surface area (Å²) in [6.45, 7) is 6.14. The van der Waals surface area contributed by atoms with Crippen molar-refractivity contribution in [3.05, 3.63) is 63.2 Å². The monoisotopic (exact) mass is 304 g/mol. The van der Waals surface area contributed by atoms with E-state index in [0.717, 1.165) is 33.6 Å². The maximum atomic E-state index is 6.14. The molecule has 3 N–H and O–H groups in total. The first-order valence-electron chi connectivity index (χ1n) is 6.85. The number of hydrazine groups is 1. The topological polar surface area (TPSA) is 47.3 Å². The second kappa shape index (κ2) is 6.48. The molecule has 2 aromatic rings. The molecular formula is C17H21ClN2O. The summed E-state index contributed by atoms with van der Waals surface area (Å²) in [6.07, 6.45) is 0. The Kier molecular flexibility index (Phi) is 4.88. The number of rotatable bonds is 4. The molecule has 112 valence electrons. The molecule has 0 aromatic heterocycles. The quantitative estimate of drug-likeness (QED) is 0.666. The summed E-state index contributed by atoms with van der Waals surface area (Å²) in [5, 5.41) is 0.707. The maximum Gasteiger partial charge on any atom is 0.122 e. The molecule has 0 saturated carbocycles. The lowest BCUT2D eigenvalue weighted by Gasteiger charge is -2.22. The number of methoxy groups -OCH3 is 1. The van der Waals surface area contributed by atoms with E-state index >= 15 is 0 Å². The molecule has 4 heteroatoms. The van der Waals surface area contributed by atoms with Crippen LogP contribution in [0, 0.1) is 20.8 Å². The highest BCUT2D eigenvalue weighted by atomic mass is 35.5. The smallest absolute Gasteiger partial charge is 0.122 e. The van der Waals surface area contributed by atoms with Gasteiger partial charge in [0.25, 0.3) is 0 Å². The largest absolute Gasteiger partial charge is 0.496 e. The standard InChI is InChI=1S/C17H21ClN2O/c1-10-5-6-13(18)9-15(10)17(20-19)14-7-12(3)16(21-4)8-11(14)2/h5-9,17,20H,19H2,1-4H3. The van der Waals surface area contributed by atoms with E-state index in [-0.39, 0.29) is 6.04 Å². The number of nitrogens with two attached hydrogens (primary N) is 1. The van der Waals surface area contributed by atoms with Crippen molar-refractivity contribution in [2.75, 3.05) is 7.11 Å². The molecule has 2 aromatic carbocycles. The van der Waals surface area contributed by atoms with Crippen LogP contribution < -0.4 is 16.0 Å². The normalized spacial score (nSPS) is 12.3. The molecule has 1 atom stereocenters. The van der Waals surface area contributed by atoms with Crippen LogP contribution in [0.25, 0.3) is 0 Å². The first-order valence-corrected chi connectivity index (χ1v) is 7.23. The number of hydrogen-bond acceptors (Lipinski definition) is 3. The molecule has 0 aliphatic carbocycles. The fraction of sp³-hybridized carbons (Fsp3) is 0.294. The lowest BCUT2D eigenvalue weighted by molar-refractivity contribution is 0.411. The fourth-order valence-electron chi connectivity index (χ4n) is 2.61. The Bertz CT molecular complexity index is 655. The zero-order valence-electron chi connectivity index (χ0n) is 12.8. The molecule has 0 heterocycles. The van der Waals surface area contributed by atoms with Crippen LogP contribution >= 0.6 is 11.6 Å². The zero-order valence-corrected chi connectivity index (χ0v) is 13.6. The Labute approximate surface area is 131 Å². The second-order valence-corrected chi connectivity index (χ2v) is 5.72. The van der Waals surface area contributed by atoms with Crippen LogP contribution in [0.1, 0.15) is 33.9 Å². The van der Waals surface area contributed by atoms with Crippen LogP contribution in [0.15, 0.2) is 30.3 Å². The van der Waals surface area contributed by atoms with Gasteiger partial charge in [-0.25, -0.2) is 5.43 Å². The number of benzene rings is 2. The Morgan fingerprint density at radius 2 is 1.67 bits per heavy atom. The highest BCUT2D eigenvalue weighted by Crippen LogP contribution is 2.32. The van der Waals surface area contributed by atoms with E-state index in [1.165, 1.54) is 0 Å². The molecule has 0 radical (unpaired) electrons. The predicted molar refractivity (Wildman–Crippen MR) is 87.8 cm³/mol. The molecule has 0 spiro atoms. The van der Waals surface area contributed by atoms with Crippen molar-refractivity contribution in [2.24, 2.45) is 5.84 Å². The van der Waals surface area contributed by atoms with Crippen molar-refractivity contribution in [3.8, 4) is 5.75 Å². The second-order valence-electron chi connectivity index (χ2n) is 5.28. The van der Waals surface area contributed by atoms with Gasteiger partial charge in [0.2, 0.25) is 0 Å². The van der Waals surface area contributed by atoms with E-state index in [4.69, 9.17) is 22.2 Å². The minimum Gasteiger partial charge on any atom is -0.496 e. The number of ether oxygens (including phenoxy) is 1. The van der Waals surface area contributed by atoms with Gasteiger partial charge < -0.3 is 4.74 Å².